The van der Waals surface area contributed by atoms with Crippen LogP contribution in [0, 0.1) is 11.7 Å². The first kappa shape index (κ1) is 16.5. The summed E-state index contributed by atoms with van der Waals surface area (Å²) in [4.78, 5) is 12.2. The van der Waals surface area contributed by atoms with Crippen molar-refractivity contribution in [1.29, 1.82) is 0 Å². The van der Waals surface area contributed by atoms with Gasteiger partial charge in [-0.15, -0.1) is 0 Å². The van der Waals surface area contributed by atoms with Crippen LogP contribution in [0.5, 0.6) is 0 Å². The third-order valence-electron chi connectivity index (χ3n) is 5.07. The number of benzene rings is 1. The molecular weight excluding hydrogens is 339 g/mol. The fourth-order valence-electron chi connectivity index (χ4n) is 3.94. The molecule has 2 atom stereocenters. The van der Waals surface area contributed by atoms with Gasteiger partial charge in [-0.3, -0.25) is 5.32 Å². The lowest BCUT2D eigenvalue weighted by Crippen LogP contribution is -2.39. The van der Waals surface area contributed by atoms with Gasteiger partial charge in [-0.2, -0.15) is 11.3 Å². The van der Waals surface area contributed by atoms with Crippen LogP contribution in [0.15, 0.2) is 35.0 Å². The van der Waals surface area contributed by atoms with Crippen LogP contribution in [-0.4, -0.2) is 24.8 Å². The molecule has 2 aliphatic heterocycles. The van der Waals surface area contributed by atoms with Gasteiger partial charge in [-0.1, -0.05) is 0 Å². The van der Waals surface area contributed by atoms with Gasteiger partial charge in [0.25, 0.3) is 0 Å². The highest BCUT2D eigenvalue weighted by Gasteiger charge is 2.33. The van der Waals surface area contributed by atoms with E-state index < -0.39 is 6.09 Å². The highest BCUT2D eigenvalue weighted by atomic mass is 32.1. The third-order valence-corrected chi connectivity index (χ3v) is 5.75. The summed E-state index contributed by atoms with van der Waals surface area (Å²) >= 11 is 1.56. The van der Waals surface area contributed by atoms with Crippen LogP contribution in [0.4, 0.5) is 14.9 Å². The second kappa shape index (κ2) is 7.14. The SMILES string of the molecule is O=C(Nc1cc(F)ccc1-c1ccsc1)OCC1CC2CCC(C1)N2. The maximum atomic E-state index is 13.6. The number of thiophene rings is 1. The number of anilines is 1. The third kappa shape index (κ3) is 3.85. The van der Waals surface area contributed by atoms with Crippen molar-refractivity contribution < 1.29 is 13.9 Å². The van der Waals surface area contributed by atoms with E-state index in [0.717, 1.165) is 24.0 Å². The number of ether oxygens (including phenoxy) is 1. The molecule has 2 fully saturated rings. The normalized spacial score (nSPS) is 24.9. The maximum Gasteiger partial charge on any atom is 0.411 e. The largest absolute Gasteiger partial charge is 0.449 e. The van der Waals surface area contributed by atoms with Crippen molar-refractivity contribution in [2.45, 2.75) is 37.8 Å². The second-order valence-electron chi connectivity index (χ2n) is 6.90. The van der Waals surface area contributed by atoms with Crippen molar-refractivity contribution in [1.82, 2.24) is 5.32 Å². The minimum Gasteiger partial charge on any atom is -0.449 e. The molecule has 4 rings (SSSR count). The van der Waals surface area contributed by atoms with Gasteiger partial charge < -0.3 is 10.1 Å². The first-order chi connectivity index (χ1) is 12.2. The number of hydrogen-bond donors (Lipinski definition) is 2. The molecule has 0 radical (unpaired) electrons. The number of amides is 1. The fourth-order valence-corrected chi connectivity index (χ4v) is 4.60. The molecule has 2 N–H and O–H groups in total. The Bertz CT molecular complexity index is 738. The van der Waals surface area contributed by atoms with Gasteiger partial charge in [0, 0.05) is 17.6 Å². The van der Waals surface area contributed by atoms with E-state index in [2.05, 4.69) is 10.6 Å². The summed E-state index contributed by atoms with van der Waals surface area (Å²) in [6, 6.07) is 7.50. The quantitative estimate of drug-likeness (QED) is 0.835. The van der Waals surface area contributed by atoms with E-state index in [9.17, 15) is 9.18 Å². The first-order valence-electron chi connectivity index (χ1n) is 8.69. The average molecular weight is 360 g/mol. The molecule has 1 aromatic carbocycles. The van der Waals surface area contributed by atoms with Crippen molar-refractivity contribution in [2.75, 3.05) is 11.9 Å². The molecule has 2 aromatic rings. The van der Waals surface area contributed by atoms with Crippen LogP contribution < -0.4 is 10.6 Å². The number of halogens is 1. The Morgan fingerprint density at radius 3 is 2.80 bits per heavy atom. The monoisotopic (exact) mass is 360 g/mol. The minimum atomic E-state index is -0.520. The van der Waals surface area contributed by atoms with Gasteiger partial charge in [-0.25, -0.2) is 9.18 Å². The molecule has 0 saturated carbocycles. The molecule has 6 heteroatoms. The number of nitrogens with one attached hydrogen (secondary N) is 2. The van der Waals surface area contributed by atoms with Gasteiger partial charge in [0.1, 0.15) is 5.82 Å². The minimum absolute atomic E-state index is 0.385. The van der Waals surface area contributed by atoms with E-state index in [1.165, 1.54) is 25.0 Å². The second-order valence-corrected chi connectivity index (χ2v) is 7.68. The molecular formula is C19H21FN2O2S. The number of hydrogen-bond acceptors (Lipinski definition) is 4. The van der Waals surface area contributed by atoms with Crippen LogP contribution in [0.3, 0.4) is 0 Å². The molecule has 25 heavy (non-hydrogen) atoms. The number of rotatable bonds is 4. The smallest absolute Gasteiger partial charge is 0.411 e. The maximum absolute atomic E-state index is 13.6. The average Bonchev–Trinajstić information content (AvgIpc) is 3.23. The van der Waals surface area contributed by atoms with E-state index in [1.54, 1.807) is 17.4 Å². The molecule has 0 spiro atoms. The Morgan fingerprint density at radius 1 is 1.28 bits per heavy atom. The molecule has 2 unspecified atom stereocenters. The number of piperidine rings is 1. The predicted octanol–water partition coefficient (Wildman–Crippen LogP) is 4.63. The van der Waals surface area contributed by atoms with Crippen molar-refractivity contribution >= 4 is 23.1 Å². The van der Waals surface area contributed by atoms with Crippen LogP contribution in [0.25, 0.3) is 11.1 Å². The van der Waals surface area contributed by atoms with Crippen molar-refractivity contribution in [3.63, 3.8) is 0 Å². The Balaban J connectivity index is 1.38. The summed E-state index contributed by atoms with van der Waals surface area (Å²) in [6.45, 7) is 0.420. The highest BCUT2D eigenvalue weighted by molar-refractivity contribution is 7.08. The zero-order valence-electron chi connectivity index (χ0n) is 13.8. The van der Waals surface area contributed by atoms with E-state index >= 15 is 0 Å². The van der Waals surface area contributed by atoms with Crippen molar-refractivity contribution in [3.05, 3.63) is 40.8 Å². The van der Waals surface area contributed by atoms with E-state index in [0.29, 0.717) is 30.3 Å². The molecule has 2 bridgehead atoms. The molecule has 132 valence electrons. The summed E-state index contributed by atoms with van der Waals surface area (Å²) < 4.78 is 19.0. The number of carbonyl (C=O) groups is 1. The van der Waals surface area contributed by atoms with Crippen LogP contribution in [0.1, 0.15) is 25.7 Å². The topological polar surface area (TPSA) is 50.4 Å². The van der Waals surface area contributed by atoms with Crippen molar-refractivity contribution in [2.24, 2.45) is 5.92 Å². The molecule has 0 aliphatic carbocycles. The van der Waals surface area contributed by atoms with Crippen LogP contribution >= 0.6 is 11.3 Å². The zero-order valence-corrected chi connectivity index (χ0v) is 14.7. The summed E-state index contributed by atoms with van der Waals surface area (Å²) in [5.74, 6) is 0.0255. The van der Waals surface area contributed by atoms with Gasteiger partial charge in [0.05, 0.1) is 12.3 Å². The van der Waals surface area contributed by atoms with Crippen molar-refractivity contribution in [3.8, 4) is 11.1 Å². The molecule has 1 aromatic heterocycles. The van der Waals surface area contributed by atoms with E-state index in [1.807, 2.05) is 16.8 Å². The molecule has 1 amide bonds. The van der Waals surface area contributed by atoms with Gasteiger partial charge in [0.2, 0.25) is 0 Å². The summed E-state index contributed by atoms with van der Waals surface area (Å²) in [6.07, 6.45) is 4.04. The first-order valence-corrected chi connectivity index (χ1v) is 9.63. The summed E-state index contributed by atoms with van der Waals surface area (Å²) in [5, 5.41) is 10.2. The molecule has 2 aliphatic rings. The van der Waals surface area contributed by atoms with Crippen LogP contribution in [-0.2, 0) is 4.74 Å². The zero-order chi connectivity index (χ0) is 17.2. The lowest BCUT2D eigenvalue weighted by atomic mass is 9.93. The number of fused-ring (bicyclic) bond motifs is 2. The standard InChI is InChI=1S/C19H21FN2O2S/c20-14-1-4-17(13-5-6-25-11-13)18(9-14)22-19(23)24-10-12-7-15-2-3-16(8-12)21-15/h1,4-6,9,11-12,15-16,21H,2-3,7-8,10H2,(H,22,23). The van der Waals surface area contributed by atoms with Gasteiger partial charge in [0.15, 0.2) is 0 Å². The lowest BCUT2D eigenvalue weighted by Gasteiger charge is -2.28. The Hall–Kier alpha value is -1.92. The highest BCUT2D eigenvalue weighted by Crippen LogP contribution is 2.32. The lowest BCUT2D eigenvalue weighted by molar-refractivity contribution is 0.122. The predicted molar refractivity (Wildman–Crippen MR) is 97.4 cm³/mol. The Labute approximate surface area is 150 Å². The molecule has 3 heterocycles. The van der Waals surface area contributed by atoms with E-state index in [-0.39, 0.29) is 5.82 Å². The van der Waals surface area contributed by atoms with Gasteiger partial charge >= 0.3 is 6.09 Å². The molecule has 2 saturated heterocycles. The Kier molecular flexibility index (Phi) is 4.72. The van der Waals surface area contributed by atoms with E-state index in [4.69, 9.17) is 4.74 Å². The van der Waals surface area contributed by atoms with Crippen LogP contribution in [0.2, 0.25) is 0 Å². The number of carbonyl (C=O) groups excluding carboxylic acids is 1. The summed E-state index contributed by atoms with van der Waals surface area (Å²) in [7, 11) is 0. The van der Waals surface area contributed by atoms with Gasteiger partial charge in [-0.05, 0) is 72.2 Å². The Morgan fingerprint density at radius 2 is 2.08 bits per heavy atom. The summed E-state index contributed by atoms with van der Waals surface area (Å²) in [5.41, 5.74) is 2.18. The fraction of sp³-hybridized carbons (Fsp3) is 0.421. The molecule has 4 nitrogen and oxygen atoms in total.